The van der Waals surface area contributed by atoms with Crippen LogP contribution in [-0.4, -0.2) is 36.7 Å². The Morgan fingerprint density at radius 2 is 1.84 bits per heavy atom. The van der Waals surface area contributed by atoms with Crippen LogP contribution in [0.1, 0.15) is 55.7 Å². The molecule has 9 nitrogen and oxygen atoms in total. The molecule has 5 rings (SSSR count). The molecule has 2 aromatic carbocycles. The maximum absolute atomic E-state index is 14.0. The number of Topliss-reactive ketones (excluding diaryl/α,β-unsaturated/α-hetero) is 2. The fraction of sp³-hybridized carbons (Fsp3) is 0.259. The third kappa shape index (κ3) is 3.69. The Morgan fingerprint density at radius 3 is 2.51 bits per heavy atom. The number of hydrogen-bond acceptors (Lipinski definition) is 7. The number of ketones is 2. The van der Waals surface area contributed by atoms with Gasteiger partial charge in [-0.25, -0.2) is 0 Å². The maximum atomic E-state index is 14.0. The molecule has 1 aliphatic heterocycles. The molecule has 0 saturated carbocycles. The molecule has 3 aromatic rings. The van der Waals surface area contributed by atoms with E-state index in [1.165, 1.54) is 26.4 Å². The van der Waals surface area contributed by atoms with Crippen LogP contribution in [0.5, 0.6) is 17.2 Å². The number of benzene rings is 2. The van der Waals surface area contributed by atoms with Crippen LogP contribution in [0.25, 0.3) is 0 Å². The van der Waals surface area contributed by atoms with Crippen molar-refractivity contribution in [2.24, 2.45) is 5.92 Å². The Hall–Kier alpha value is -4.11. The van der Waals surface area contributed by atoms with Gasteiger partial charge in [-0.1, -0.05) is 48.9 Å². The summed E-state index contributed by atoms with van der Waals surface area (Å²) in [7, 11) is 2.81. The molecule has 0 fully saturated rings. The lowest BCUT2D eigenvalue weighted by Crippen LogP contribution is -2.50. The second-order valence-electron chi connectivity index (χ2n) is 8.96. The minimum absolute atomic E-state index is 0.0147. The van der Waals surface area contributed by atoms with Crippen molar-refractivity contribution < 1.29 is 28.6 Å². The zero-order chi connectivity index (χ0) is 26.5. The second-order valence-corrected chi connectivity index (χ2v) is 9.34. The number of H-pyrrole nitrogens is 1. The molecule has 1 spiro atoms. The third-order valence-corrected chi connectivity index (χ3v) is 7.22. The average Bonchev–Trinajstić information content (AvgIpc) is 3.21. The largest absolute Gasteiger partial charge is 0.496 e. The van der Waals surface area contributed by atoms with Gasteiger partial charge in [0.2, 0.25) is 11.4 Å². The van der Waals surface area contributed by atoms with Crippen LogP contribution in [0, 0.1) is 5.92 Å². The molecule has 190 valence electrons. The van der Waals surface area contributed by atoms with Gasteiger partial charge in [0.25, 0.3) is 11.5 Å². The average molecular weight is 523 g/mol. The maximum Gasteiger partial charge on any atom is 0.261 e. The number of nitrogens with one attached hydrogen (secondary N) is 2. The van der Waals surface area contributed by atoms with Gasteiger partial charge in [-0.05, 0) is 11.6 Å². The first-order valence-corrected chi connectivity index (χ1v) is 11.9. The highest BCUT2D eigenvalue weighted by Gasteiger charge is 2.60. The molecular weight excluding hydrogens is 500 g/mol. The van der Waals surface area contributed by atoms with Gasteiger partial charge in [-0.3, -0.25) is 19.2 Å². The Balaban J connectivity index is 1.60. The van der Waals surface area contributed by atoms with E-state index < -0.39 is 28.8 Å². The number of hydrogen-bond donors (Lipinski definition) is 2. The van der Waals surface area contributed by atoms with E-state index in [1.807, 2.05) is 30.3 Å². The topological polar surface area (TPSA) is 124 Å². The first kappa shape index (κ1) is 24.6. The van der Waals surface area contributed by atoms with Crippen molar-refractivity contribution in [3.8, 4) is 17.2 Å². The van der Waals surface area contributed by atoms with Gasteiger partial charge in [0.1, 0.15) is 27.6 Å². The standard InChI is InChI=1S/C27H23ClN2O7/c1-13-9-17(31)15-10-16(25(33)29-12-14-7-5-4-6-8-14)26(34)30-23(15)27(13)24(32)20-18(35-2)11-19(36-3)21(28)22(20)37-27/h4-8,10-11,13H,9,12H2,1-3H3,(H,29,33)(H,30,34). The highest BCUT2D eigenvalue weighted by molar-refractivity contribution is 6.35. The zero-order valence-electron chi connectivity index (χ0n) is 20.3. The number of aromatic nitrogens is 1. The van der Waals surface area contributed by atoms with Crippen molar-refractivity contribution in [1.29, 1.82) is 0 Å². The molecule has 0 saturated heterocycles. The van der Waals surface area contributed by atoms with Crippen molar-refractivity contribution in [2.75, 3.05) is 14.2 Å². The number of aromatic amines is 1. The van der Waals surface area contributed by atoms with Gasteiger partial charge in [0.05, 0.1) is 19.9 Å². The van der Waals surface area contributed by atoms with Crippen LogP contribution in [0.4, 0.5) is 0 Å². The number of methoxy groups -OCH3 is 2. The fourth-order valence-electron chi connectivity index (χ4n) is 4.95. The van der Waals surface area contributed by atoms with Crippen molar-refractivity contribution in [1.82, 2.24) is 10.3 Å². The Kier molecular flexibility index (Phi) is 6.03. The summed E-state index contributed by atoms with van der Waals surface area (Å²) in [5, 5.41) is 2.75. The molecule has 1 amide bonds. The van der Waals surface area contributed by atoms with Gasteiger partial charge in [0.15, 0.2) is 11.5 Å². The van der Waals surface area contributed by atoms with E-state index in [0.29, 0.717) is 0 Å². The molecule has 0 bridgehead atoms. The third-order valence-electron chi connectivity index (χ3n) is 6.86. The Bertz CT molecular complexity index is 1520. The molecule has 1 aliphatic carbocycles. The van der Waals surface area contributed by atoms with Crippen LogP contribution < -0.4 is 25.1 Å². The summed E-state index contributed by atoms with van der Waals surface area (Å²) in [4.78, 5) is 55.6. The minimum atomic E-state index is -1.74. The van der Waals surface area contributed by atoms with Crippen LogP contribution >= 0.6 is 11.6 Å². The van der Waals surface area contributed by atoms with E-state index in [2.05, 4.69) is 10.3 Å². The summed E-state index contributed by atoms with van der Waals surface area (Å²) in [6.45, 7) is 1.88. The number of rotatable bonds is 5. The molecule has 37 heavy (non-hydrogen) atoms. The molecule has 2 aliphatic rings. The molecule has 2 N–H and O–H groups in total. The van der Waals surface area contributed by atoms with Crippen LogP contribution in [-0.2, 0) is 12.1 Å². The summed E-state index contributed by atoms with van der Waals surface area (Å²) >= 11 is 6.49. The van der Waals surface area contributed by atoms with E-state index in [1.54, 1.807) is 6.92 Å². The summed E-state index contributed by atoms with van der Waals surface area (Å²) in [6, 6.07) is 11.9. The van der Waals surface area contributed by atoms with Crippen molar-refractivity contribution >= 4 is 29.1 Å². The number of amides is 1. The summed E-state index contributed by atoms with van der Waals surface area (Å²) in [5.74, 6) is -1.69. The van der Waals surface area contributed by atoms with E-state index in [-0.39, 0.29) is 63.4 Å². The number of halogens is 1. The van der Waals surface area contributed by atoms with Gasteiger partial charge in [0, 0.05) is 30.5 Å². The van der Waals surface area contributed by atoms with Crippen LogP contribution in [0.2, 0.25) is 5.02 Å². The smallest absolute Gasteiger partial charge is 0.261 e. The van der Waals surface area contributed by atoms with Crippen molar-refractivity contribution in [3.05, 3.63) is 85.8 Å². The number of ether oxygens (including phenoxy) is 3. The number of fused-ring (bicyclic) bond motifs is 3. The Labute approximate surface area is 216 Å². The predicted octanol–water partition coefficient (Wildman–Crippen LogP) is 3.67. The van der Waals surface area contributed by atoms with Gasteiger partial charge >= 0.3 is 0 Å². The first-order valence-electron chi connectivity index (χ1n) is 11.5. The molecule has 1 aromatic heterocycles. The SMILES string of the molecule is COc1cc(OC)c2c(c1Cl)OC1(C2=O)c2[nH]c(=O)c(C(=O)NCc3ccccc3)cc2C(=O)CC1C. The highest BCUT2D eigenvalue weighted by Crippen LogP contribution is 2.56. The summed E-state index contributed by atoms with van der Waals surface area (Å²) in [6.07, 6.45) is -0.0546. The van der Waals surface area contributed by atoms with Crippen molar-refractivity contribution in [2.45, 2.75) is 25.5 Å². The molecule has 2 atom stereocenters. The minimum Gasteiger partial charge on any atom is -0.496 e. The predicted molar refractivity (Wildman–Crippen MR) is 134 cm³/mol. The molecule has 0 radical (unpaired) electrons. The molecule has 10 heteroatoms. The van der Waals surface area contributed by atoms with E-state index >= 15 is 0 Å². The Morgan fingerprint density at radius 1 is 1.14 bits per heavy atom. The number of pyridine rings is 1. The van der Waals surface area contributed by atoms with Crippen molar-refractivity contribution in [3.63, 3.8) is 0 Å². The van der Waals surface area contributed by atoms with E-state index in [4.69, 9.17) is 25.8 Å². The monoisotopic (exact) mass is 522 g/mol. The lowest BCUT2D eigenvalue weighted by atomic mass is 9.71. The zero-order valence-corrected chi connectivity index (χ0v) is 21.0. The van der Waals surface area contributed by atoms with Crippen LogP contribution in [0.3, 0.4) is 0 Å². The van der Waals surface area contributed by atoms with E-state index in [9.17, 15) is 19.2 Å². The highest BCUT2D eigenvalue weighted by atomic mass is 35.5. The number of carbonyl (C=O) groups excluding carboxylic acids is 3. The fourth-order valence-corrected chi connectivity index (χ4v) is 5.22. The first-order chi connectivity index (χ1) is 17.7. The van der Waals surface area contributed by atoms with Gasteiger partial charge in [-0.2, -0.15) is 0 Å². The quantitative estimate of drug-likeness (QED) is 0.524. The normalized spacial score (nSPS) is 19.7. The summed E-state index contributed by atoms with van der Waals surface area (Å²) < 4.78 is 17.0. The molecule has 2 heterocycles. The van der Waals surface area contributed by atoms with E-state index in [0.717, 1.165) is 5.56 Å². The second kappa shape index (κ2) is 9.08. The lowest BCUT2D eigenvalue weighted by molar-refractivity contribution is 0.0191. The molecule has 2 unspecified atom stereocenters. The number of carbonyl (C=O) groups is 3. The van der Waals surface area contributed by atoms with Gasteiger partial charge in [-0.15, -0.1) is 0 Å². The lowest BCUT2D eigenvalue weighted by Gasteiger charge is -2.37. The van der Waals surface area contributed by atoms with Crippen LogP contribution in [0.15, 0.2) is 47.3 Å². The summed E-state index contributed by atoms with van der Waals surface area (Å²) in [5.41, 5.74) is -1.79. The molecular formula is C27H23ClN2O7. The van der Waals surface area contributed by atoms with Gasteiger partial charge < -0.3 is 24.5 Å².